The van der Waals surface area contributed by atoms with Gasteiger partial charge in [0.1, 0.15) is 11.9 Å². The Bertz CT molecular complexity index is 1010. The van der Waals surface area contributed by atoms with Crippen LogP contribution in [0.1, 0.15) is 29.2 Å². The molecule has 152 valence electrons. The summed E-state index contributed by atoms with van der Waals surface area (Å²) in [7, 11) is 0. The van der Waals surface area contributed by atoms with Crippen LogP contribution in [0.3, 0.4) is 0 Å². The number of carbonyl (C=O) groups excluding carboxylic acids is 2. The van der Waals surface area contributed by atoms with E-state index in [0.717, 1.165) is 16.8 Å². The minimum Gasteiger partial charge on any atom is -0.480 e. The van der Waals surface area contributed by atoms with Gasteiger partial charge in [-0.3, -0.25) is 9.59 Å². The van der Waals surface area contributed by atoms with E-state index in [1.165, 1.54) is 4.90 Å². The van der Waals surface area contributed by atoms with Gasteiger partial charge in [-0.25, -0.2) is 4.79 Å². The number of carboxylic acid groups (broad SMARTS) is 1. The lowest BCUT2D eigenvalue weighted by atomic mass is 10.0. The molecule has 0 spiro atoms. The highest BCUT2D eigenvalue weighted by atomic mass is 16.4. The zero-order valence-electron chi connectivity index (χ0n) is 16.6. The molecule has 2 aliphatic rings. The molecule has 1 fully saturated rings. The number of hydrogen-bond acceptors (Lipinski definition) is 5. The molecule has 9 nitrogen and oxygen atoms in total. The van der Waals surface area contributed by atoms with Gasteiger partial charge in [0, 0.05) is 18.7 Å². The summed E-state index contributed by atoms with van der Waals surface area (Å²) in [6.45, 7) is 6.11. The van der Waals surface area contributed by atoms with Crippen molar-refractivity contribution in [2.45, 2.75) is 46.3 Å². The lowest BCUT2D eigenvalue weighted by Gasteiger charge is -2.35. The van der Waals surface area contributed by atoms with Gasteiger partial charge in [-0.1, -0.05) is 12.1 Å². The maximum absolute atomic E-state index is 13.2. The number of anilines is 1. The molecule has 9 heteroatoms. The first-order chi connectivity index (χ1) is 13.8. The second-order valence-electron chi connectivity index (χ2n) is 7.72. The van der Waals surface area contributed by atoms with Gasteiger partial charge in [-0.05, 0) is 38.0 Å². The topological polar surface area (TPSA) is 109 Å². The third kappa shape index (κ3) is 3.16. The van der Waals surface area contributed by atoms with Gasteiger partial charge in [0.15, 0.2) is 5.82 Å². The van der Waals surface area contributed by atoms with E-state index in [1.807, 2.05) is 32.0 Å². The second kappa shape index (κ2) is 6.98. The van der Waals surface area contributed by atoms with E-state index in [4.69, 9.17) is 0 Å². The van der Waals surface area contributed by atoms with Crippen molar-refractivity contribution in [1.29, 1.82) is 0 Å². The molecule has 2 aliphatic heterocycles. The molecule has 0 aliphatic carbocycles. The summed E-state index contributed by atoms with van der Waals surface area (Å²) >= 11 is 0. The molecule has 0 bridgehead atoms. The molecule has 1 N–H and O–H groups in total. The van der Waals surface area contributed by atoms with E-state index in [1.54, 1.807) is 16.4 Å². The number of amides is 2. The molecule has 2 unspecified atom stereocenters. The van der Waals surface area contributed by atoms with Crippen LogP contribution >= 0.6 is 0 Å². The van der Waals surface area contributed by atoms with E-state index in [0.29, 0.717) is 11.6 Å². The monoisotopic (exact) mass is 397 g/mol. The Morgan fingerprint density at radius 1 is 1.14 bits per heavy atom. The summed E-state index contributed by atoms with van der Waals surface area (Å²) in [6.07, 6.45) is 0.0702. The number of aromatic nitrogens is 3. The molecule has 1 aromatic heterocycles. The Kier molecular flexibility index (Phi) is 4.60. The van der Waals surface area contributed by atoms with Crippen molar-refractivity contribution in [2.24, 2.45) is 5.92 Å². The third-order valence-corrected chi connectivity index (χ3v) is 5.97. The van der Waals surface area contributed by atoms with Gasteiger partial charge >= 0.3 is 5.97 Å². The van der Waals surface area contributed by atoms with Crippen LogP contribution in [0.15, 0.2) is 18.2 Å². The molecule has 2 aromatic rings. The maximum atomic E-state index is 13.2. The maximum Gasteiger partial charge on any atom is 0.328 e. The smallest absolute Gasteiger partial charge is 0.328 e. The van der Waals surface area contributed by atoms with Crippen LogP contribution < -0.4 is 4.90 Å². The van der Waals surface area contributed by atoms with Crippen molar-refractivity contribution in [2.75, 3.05) is 11.4 Å². The summed E-state index contributed by atoms with van der Waals surface area (Å²) in [5.74, 6) is -0.933. The number of hydrogen-bond donors (Lipinski definition) is 1. The van der Waals surface area contributed by atoms with Crippen molar-refractivity contribution in [3.63, 3.8) is 0 Å². The minimum atomic E-state index is -1.08. The Hall–Kier alpha value is -3.23. The van der Waals surface area contributed by atoms with E-state index >= 15 is 0 Å². The molecule has 0 radical (unpaired) electrons. The van der Waals surface area contributed by atoms with E-state index in [-0.39, 0.29) is 37.9 Å². The Balaban J connectivity index is 1.58. The van der Waals surface area contributed by atoms with Crippen LogP contribution in [0, 0.1) is 26.7 Å². The summed E-state index contributed by atoms with van der Waals surface area (Å²) in [5, 5.41) is 17.7. The average Bonchev–Trinajstić information content (AvgIpc) is 3.25. The van der Waals surface area contributed by atoms with Gasteiger partial charge in [0.2, 0.25) is 11.8 Å². The van der Waals surface area contributed by atoms with Crippen LogP contribution in [0.5, 0.6) is 0 Å². The highest BCUT2D eigenvalue weighted by Gasteiger charge is 2.43. The van der Waals surface area contributed by atoms with E-state index in [9.17, 15) is 19.5 Å². The van der Waals surface area contributed by atoms with Gasteiger partial charge in [-0.2, -0.15) is 0 Å². The molecule has 2 amide bonds. The molecular formula is C20H23N5O4. The summed E-state index contributed by atoms with van der Waals surface area (Å²) in [5.41, 5.74) is 2.87. The van der Waals surface area contributed by atoms with Gasteiger partial charge in [0.05, 0.1) is 19.0 Å². The normalized spacial score (nSPS) is 21.4. The number of aryl methyl sites for hydroxylation is 2. The lowest BCUT2D eigenvalue weighted by molar-refractivity contribution is -0.154. The van der Waals surface area contributed by atoms with Crippen molar-refractivity contribution in [1.82, 2.24) is 19.7 Å². The van der Waals surface area contributed by atoms with E-state index < -0.39 is 17.9 Å². The second-order valence-corrected chi connectivity index (χ2v) is 7.72. The Morgan fingerprint density at radius 3 is 2.62 bits per heavy atom. The molecule has 1 aromatic carbocycles. The van der Waals surface area contributed by atoms with Crippen LogP contribution in [0.25, 0.3) is 0 Å². The zero-order chi connectivity index (χ0) is 20.9. The standard InChI is InChI=1S/C20H23N5O4/c1-11-5-4-6-15(12(11)2)24-8-14(7-18(24)26)19(27)25-10-17-22-21-13(3)23(17)9-16(25)20(28)29/h4-6,14,16H,7-10H2,1-3H3,(H,28,29). The molecule has 29 heavy (non-hydrogen) atoms. The summed E-state index contributed by atoms with van der Waals surface area (Å²) < 4.78 is 1.73. The number of nitrogens with zero attached hydrogens (tertiary/aromatic N) is 5. The molecule has 4 rings (SSSR count). The first-order valence-electron chi connectivity index (χ1n) is 9.56. The number of benzene rings is 1. The van der Waals surface area contributed by atoms with Crippen LogP contribution in [-0.2, 0) is 27.5 Å². The van der Waals surface area contributed by atoms with E-state index in [2.05, 4.69) is 10.2 Å². The van der Waals surface area contributed by atoms with Crippen molar-refractivity contribution >= 4 is 23.5 Å². The number of aliphatic carboxylic acids is 1. The van der Waals surface area contributed by atoms with Gasteiger partial charge in [0.25, 0.3) is 0 Å². The molecule has 3 heterocycles. The lowest BCUT2D eigenvalue weighted by Crippen LogP contribution is -2.52. The number of carbonyl (C=O) groups is 3. The predicted molar refractivity (Wildman–Crippen MR) is 103 cm³/mol. The predicted octanol–water partition coefficient (Wildman–Crippen LogP) is 1.05. The number of rotatable bonds is 3. The number of carboxylic acids is 1. The fraction of sp³-hybridized carbons (Fsp3) is 0.450. The first-order valence-corrected chi connectivity index (χ1v) is 9.56. The molecule has 0 saturated carbocycles. The van der Waals surface area contributed by atoms with Crippen LogP contribution in [0.2, 0.25) is 0 Å². The van der Waals surface area contributed by atoms with Crippen molar-refractivity contribution in [3.05, 3.63) is 41.0 Å². The summed E-state index contributed by atoms with van der Waals surface area (Å²) in [4.78, 5) is 40.7. The van der Waals surface area contributed by atoms with Crippen LogP contribution in [-0.4, -0.2) is 55.1 Å². The summed E-state index contributed by atoms with van der Waals surface area (Å²) in [6, 6.07) is 4.74. The fourth-order valence-electron chi connectivity index (χ4n) is 4.12. The zero-order valence-corrected chi connectivity index (χ0v) is 16.6. The molecular weight excluding hydrogens is 374 g/mol. The van der Waals surface area contributed by atoms with Gasteiger partial charge < -0.3 is 19.5 Å². The third-order valence-electron chi connectivity index (χ3n) is 5.97. The highest BCUT2D eigenvalue weighted by molar-refractivity contribution is 6.01. The molecule has 2 atom stereocenters. The fourth-order valence-corrected chi connectivity index (χ4v) is 4.12. The first kappa shape index (κ1) is 19.1. The van der Waals surface area contributed by atoms with Crippen molar-refractivity contribution in [3.8, 4) is 0 Å². The number of fused-ring (bicyclic) bond motifs is 1. The van der Waals surface area contributed by atoms with Gasteiger partial charge in [-0.15, -0.1) is 10.2 Å². The quantitative estimate of drug-likeness (QED) is 0.829. The Morgan fingerprint density at radius 2 is 1.90 bits per heavy atom. The largest absolute Gasteiger partial charge is 0.480 e. The highest BCUT2D eigenvalue weighted by Crippen LogP contribution is 2.31. The molecule has 1 saturated heterocycles. The average molecular weight is 397 g/mol. The van der Waals surface area contributed by atoms with Crippen molar-refractivity contribution < 1.29 is 19.5 Å². The minimum absolute atomic E-state index is 0.0702. The van der Waals surface area contributed by atoms with Crippen LogP contribution in [0.4, 0.5) is 5.69 Å². The SMILES string of the molecule is Cc1cccc(N2CC(C(=O)N3Cc4nnc(C)n4CC3C(=O)O)CC2=O)c1C. The Labute approximate surface area is 167 Å².